The second-order valence-electron chi connectivity index (χ2n) is 3.05. The second kappa shape index (κ2) is 6.20. The van der Waals surface area contributed by atoms with Crippen molar-refractivity contribution in [3.63, 3.8) is 0 Å². The van der Waals surface area contributed by atoms with Crippen molar-refractivity contribution in [1.82, 2.24) is 0 Å². The molecule has 0 saturated carbocycles. The Kier molecular flexibility index (Phi) is 6.57. The predicted molar refractivity (Wildman–Crippen MR) is 56.5 cm³/mol. The largest absolute Gasteiger partial charge is 0.407 e. The first kappa shape index (κ1) is 11.7. The molecule has 1 unspecified atom stereocenters. The van der Waals surface area contributed by atoms with E-state index in [2.05, 4.69) is 35.7 Å². The third-order valence-electron chi connectivity index (χ3n) is 1.58. The third kappa shape index (κ3) is 7.03. The highest BCUT2D eigenvalue weighted by molar-refractivity contribution is 9.25. The molecule has 0 bridgehead atoms. The summed E-state index contributed by atoms with van der Waals surface area (Å²) in [4.78, 5) is 0. The maximum atomic E-state index is 5.74. The van der Waals surface area contributed by atoms with Gasteiger partial charge in [-0.3, -0.25) is 0 Å². The lowest BCUT2D eigenvalue weighted by Crippen LogP contribution is -2.26. The first-order valence-electron chi connectivity index (χ1n) is 4.45. The smallest absolute Gasteiger partial charge is 0.260 e. The van der Waals surface area contributed by atoms with Crippen LogP contribution in [0.2, 0.25) is 12.6 Å². The first-order valence-corrected chi connectivity index (χ1v) is 9.32. The molecule has 11 heavy (non-hydrogen) atoms. The van der Waals surface area contributed by atoms with E-state index in [1.807, 2.05) is 0 Å². The fraction of sp³-hybridized carbons (Fsp3) is 1.00. The van der Waals surface area contributed by atoms with Crippen molar-refractivity contribution in [2.75, 3.05) is 6.61 Å². The molecule has 68 valence electrons. The van der Waals surface area contributed by atoms with E-state index in [0.29, 0.717) is 0 Å². The Morgan fingerprint density at radius 3 is 2.36 bits per heavy atom. The van der Waals surface area contributed by atoms with E-state index in [4.69, 9.17) is 4.43 Å². The van der Waals surface area contributed by atoms with E-state index >= 15 is 0 Å². The summed E-state index contributed by atoms with van der Waals surface area (Å²) < 4.78 is 5.74. The number of hydrogen-bond acceptors (Lipinski definition) is 1. The number of unbranched alkanes of at least 4 members (excludes halogenated alkanes) is 1. The Labute approximate surface area is 79.2 Å². The average molecular weight is 239 g/mol. The molecule has 1 nitrogen and oxygen atoms in total. The van der Waals surface area contributed by atoms with Crippen molar-refractivity contribution in [3.8, 4) is 0 Å². The second-order valence-corrected chi connectivity index (χ2v) is 11.1. The van der Waals surface area contributed by atoms with Gasteiger partial charge in [-0.05, 0) is 19.0 Å². The molecule has 0 heterocycles. The number of hydrogen-bond donors (Lipinski definition) is 0. The van der Waals surface area contributed by atoms with Crippen LogP contribution < -0.4 is 0 Å². The molecule has 0 aliphatic carbocycles. The van der Waals surface area contributed by atoms with Gasteiger partial charge >= 0.3 is 0 Å². The van der Waals surface area contributed by atoms with Crippen LogP contribution in [-0.4, -0.2) is 13.5 Å². The van der Waals surface area contributed by atoms with Crippen molar-refractivity contribution in [3.05, 3.63) is 0 Å². The van der Waals surface area contributed by atoms with E-state index in [-0.39, 0.29) is 0 Å². The molecular weight excluding hydrogens is 220 g/mol. The van der Waals surface area contributed by atoms with Crippen LogP contribution in [0.15, 0.2) is 0 Å². The van der Waals surface area contributed by atoms with E-state index in [1.165, 1.54) is 18.9 Å². The number of halogens is 1. The van der Waals surface area contributed by atoms with Crippen LogP contribution in [0.1, 0.15) is 33.1 Å². The van der Waals surface area contributed by atoms with Gasteiger partial charge in [0.25, 0.3) is 6.94 Å². The van der Waals surface area contributed by atoms with Crippen LogP contribution in [0.25, 0.3) is 0 Å². The fourth-order valence-corrected chi connectivity index (χ4v) is 3.97. The van der Waals surface area contributed by atoms with Crippen LogP contribution in [0.4, 0.5) is 0 Å². The quantitative estimate of drug-likeness (QED) is 0.507. The van der Waals surface area contributed by atoms with E-state index in [0.717, 1.165) is 13.0 Å². The summed E-state index contributed by atoms with van der Waals surface area (Å²) in [5.74, 6) is 0. The minimum absolute atomic E-state index is 0.914. The summed E-state index contributed by atoms with van der Waals surface area (Å²) >= 11 is 3.70. The molecule has 0 saturated heterocycles. The monoisotopic (exact) mass is 238 g/mol. The molecule has 0 N–H and O–H groups in total. The van der Waals surface area contributed by atoms with Crippen LogP contribution in [0.5, 0.6) is 0 Å². The van der Waals surface area contributed by atoms with Crippen molar-refractivity contribution in [1.29, 1.82) is 0 Å². The summed E-state index contributed by atoms with van der Waals surface area (Å²) in [6, 6.07) is 1.24. The van der Waals surface area contributed by atoms with Gasteiger partial charge in [0.15, 0.2) is 0 Å². The van der Waals surface area contributed by atoms with Crippen molar-refractivity contribution in [2.24, 2.45) is 0 Å². The van der Waals surface area contributed by atoms with Crippen molar-refractivity contribution < 1.29 is 4.43 Å². The third-order valence-corrected chi connectivity index (χ3v) is 5.51. The van der Waals surface area contributed by atoms with Crippen LogP contribution in [0.3, 0.4) is 0 Å². The van der Waals surface area contributed by atoms with Gasteiger partial charge in [0.05, 0.1) is 0 Å². The van der Waals surface area contributed by atoms with Crippen molar-refractivity contribution in [2.45, 2.75) is 45.7 Å². The van der Waals surface area contributed by atoms with Gasteiger partial charge in [-0.15, -0.1) is 0 Å². The van der Waals surface area contributed by atoms with Gasteiger partial charge in [-0.2, -0.15) is 0 Å². The molecule has 0 fully saturated rings. The molecule has 0 aromatic rings. The fourth-order valence-electron chi connectivity index (χ4n) is 0.880. The molecule has 0 aromatic carbocycles. The Balaban J connectivity index is 3.43. The van der Waals surface area contributed by atoms with Gasteiger partial charge < -0.3 is 4.43 Å². The molecule has 0 aliphatic rings. The lowest BCUT2D eigenvalue weighted by molar-refractivity contribution is 0.317. The molecule has 1 atom stereocenters. The average Bonchev–Trinajstić information content (AvgIpc) is 1.97. The minimum Gasteiger partial charge on any atom is -0.407 e. The summed E-state index contributed by atoms with van der Waals surface area (Å²) in [6.07, 6.45) is 3.68. The zero-order valence-corrected chi connectivity index (χ0v) is 10.4. The Bertz CT molecular complexity index is 86.1. The summed E-state index contributed by atoms with van der Waals surface area (Å²) in [7, 11) is 0. The highest BCUT2D eigenvalue weighted by Gasteiger charge is 2.23. The number of rotatable bonds is 6. The molecule has 0 rings (SSSR count). The SMILES string of the molecule is CCCC[Si](C)(Br)OCCC. The lowest BCUT2D eigenvalue weighted by Gasteiger charge is -2.19. The van der Waals surface area contributed by atoms with Crippen molar-refractivity contribution >= 4 is 22.2 Å². The molecule has 0 spiro atoms. The first-order chi connectivity index (χ1) is 5.12. The Morgan fingerprint density at radius 1 is 1.27 bits per heavy atom. The van der Waals surface area contributed by atoms with Gasteiger partial charge in [-0.25, -0.2) is 0 Å². The highest BCUT2D eigenvalue weighted by atomic mass is 79.9. The maximum Gasteiger partial charge on any atom is 0.260 e. The van der Waals surface area contributed by atoms with Gasteiger partial charge in [-0.1, -0.05) is 42.0 Å². The molecule has 0 radical (unpaired) electrons. The maximum absolute atomic E-state index is 5.74. The lowest BCUT2D eigenvalue weighted by atomic mass is 10.4. The van der Waals surface area contributed by atoms with Crippen LogP contribution in [0, 0.1) is 0 Å². The Hall–Kier alpha value is 0.657. The summed E-state index contributed by atoms with van der Waals surface area (Å²) in [6.45, 7) is 6.09. The minimum atomic E-state index is -1.43. The standard InChI is InChI=1S/C8H19BrOSi/c1-4-6-8-11(3,9)10-7-5-2/h4-8H2,1-3H3. The summed E-state index contributed by atoms with van der Waals surface area (Å²) in [5, 5.41) is 0. The molecular formula is C8H19BrOSi. The van der Waals surface area contributed by atoms with E-state index in [9.17, 15) is 0 Å². The van der Waals surface area contributed by atoms with Gasteiger partial charge in [0, 0.05) is 6.61 Å². The molecule has 3 heteroatoms. The Morgan fingerprint density at radius 2 is 1.91 bits per heavy atom. The van der Waals surface area contributed by atoms with Crippen LogP contribution >= 0.6 is 15.3 Å². The molecule has 0 aliphatic heterocycles. The zero-order chi connectivity index (χ0) is 8.74. The van der Waals surface area contributed by atoms with Gasteiger partial charge in [0.1, 0.15) is 0 Å². The molecule has 0 amide bonds. The topological polar surface area (TPSA) is 9.23 Å². The summed E-state index contributed by atoms with van der Waals surface area (Å²) in [5.41, 5.74) is 0. The van der Waals surface area contributed by atoms with Crippen LogP contribution in [-0.2, 0) is 4.43 Å². The van der Waals surface area contributed by atoms with Gasteiger partial charge in [0.2, 0.25) is 0 Å². The molecule has 0 aromatic heterocycles. The predicted octanol–water partition coefficient (Wildman–Crippen LogP) is 3.68. The normalized spacial score (nSPS) is 16.4. The highest BCUT2D eigenvalue weighted by Crippen LogP contribution is 2.21. The zero-order valence-electron chi connectivity index (χ0n) is 7.82. The van der Waals surface area contributed by atoms with E-state index in [1.54, 1.807) is 0 Å². The van der Waals surface area contributed by atoms with E-state index < -0.39 is 6.94 Å².